The third-order valence-electron chi connectivity index (χ3n) is 7.12. The number of hydrogen-bond acceptors (Lipinski definition) is 6. The molecule has 1 amide bonds. The van der Waals surface area contributed by atoms with E-state index in [2.05, 4.69) is 5.32 Å². The van der Waals surface area contributed by atoms with Crippen LogP contribution in [0.3, 0.4) is 0 Å². The summed E-state index contributed by atoms with van der Waals surface area (Å²) < 4.78 is 30.9. The molecule has 0 bridgehead atoms. The van der Waals surface area contributed by atoms with Gasteiger partial charge in [-0.25, -0.2) is 4.79 Å². The van der Waals surface area contributed by atoms with Crippen LogP contribution in [0.1, 0.15) is 43.9 Å². The summed E-state index contributed by atoms with van der Waals surface area (Å²) in [5.74, 6) is 0.424. The van der Waals surface area contributed by atoms with Gasteiger partial charge in [-0.1, -0.05) is 66.7 Å². The highest BCUT2D eigenvalue weighted by Crippen LogP contribution is 2.50. The van der Waals surface area contributed by atoms with Gasteiger partial charge >= 0.3 is 12.1 Å². The largest absolute Gasteiger partial charge is 0.496 e. The van der Waals surface area contributed by atoms with Crippen molar-refractivity contribution in [2.24, 2.45) is 0 Å². The van der Waals surface area contributed by atoms with E-state index in [-0.39, 0.29) is 5.97 Å². The van der Waals surface area contributed by atoms with E-state index < -0.39 is 22.7 Å². The van der Waals surface area contributed by atoms with Gasteiger partial charge in [-0.15, -0.1) is 11.3 Å². The number of halogens is 1. The first-order valence-corrected chi connectivity index (χ1v) is 13.9. The number of thiophene rings is 1. The third kappa shape index (κ3) is 5.58. The monoisotopic (exact) mass is 559 g/mol. The highest BCUT2D eigenvalue weighted by molar-refractivity contribution is 7.14. The van der Waals surface area contributed by atoms with E-state index in [9.17, 15) is 14.0 Å². The Kier molecular flexibility index (Phi) is 7.89. The van der Waals surface area contributed by atoms with Crippen molar-refractivity contribution in [2.45, 2.75) is 38.2 Å². The highest BCUT2D eigenvalue weighted by Gasteiger charge is 2.52. The maximum Gasteiger partial charge on any atom is 0.412 e. The molecule has 40 heavy (non-hydrogen) atoms. The van der Waals surface area contributed by atoms with Gasteiger partial charge < -0.3 is 14.2 Å². The predicted molar refractivity (Wildman–Crippen MR) is 154 cm³/mol. The van der Waals surface area contributed by atoms with E-state index in [1.807, 2.05) is 79.7 Å². The molecule has 5 rings (SSSR count). The molecule has 1 heterocycles. The zero-order chi connectivity index (χ0) is 28.3. The smallest absolute Gasteiger partial charge is 0.412 e. The van der Waals surface area contributed by atoms with E-state index in [0.29, 0.717) is 28.5 Å². The van der Waals surface area contributed by atoms with E-state index >= 15 is 0 Å². The van der Waals surface area contributed by atoms with Gasteiger partial charge in [0.25, 0.3) is 0 Å². The van der Waals surface area contributed by atoms with Crippen LogP contribution in [0, 0.1) is 5.13 Å². The normalized spacial score (nSPS) is 14.2. The Morgan fingerprint density at radius 3 is 2.35 bits per heavy atom. The Morgan fingerprint density at radius 1 is 1.00 bits per heavy atom. The molecule has 1 aliphatic carbocycles. The van der Waals surface area contributed by atoms with Gasteiger partial charge in [0.2, 0.25) is 0 Å². The molecule has 1 fully saturated rings. The van der Waals surface area contributed by atoms with Crippen LogP contribution in [-0.2, 0) is 19.7 Å². The molecule has 0 radical (unpaired) electrons. The minimum Gasteiger partial charge on any atom is -0.496 e. The van der Waals surface area contributed by atoms with Gasteiger partial charge in [-0.2, -0.15) is 4.39 Å². The lowest BCUT2D eigenvalue weighted by Crippen LogP contribution is -2.23. The number of hydrogen-bond donors (Lipinski definition) is 1. The fourth-order valence-corrected chi connectivity index (χ4v) is 5.64. The van der Waals surface area contributed by atoms with Gasteiger partial charge in [-0.3, -0.25) is 10.1 Å². The summed E-state index contributed by atoms with van der Waals surface area (Å²) in [6.07, 6.45) is 0.437. The molecule has 1 saturated carbocycles. The number of rotatable bonds is 9. The molecule has 8 heteroatoms. The van der Waals surface area contributed by atoms with Crippen molar-refractivity contribution in [3.63, 3.8) is 0 Å². The van der Waals surface area contributed by atoms with Crippen LogP contribution in [0.2, 0.25) is 0 Å². The second-order valence-corrected chi connectivity index (χ2v) is 10.7. The minimum absolute atomic E-state index is 0.171. The van der Waals surface area contributed by atoms with Gasteiger partial charge in [0.1, 0.15) is 11.9 Å². The molecular weight excluding hydrogens is 529 g/mol. The lowest BCUT2D eigenvalue weighted by molar-refractivity contribution is -0.146. The summed E-state index contributed by atoms with van der Waals surface area (Å²) in [4.78, 5) is 25.6. The first-order chi connectivity index (χ1) is 19.3. The number of methoxy groups -OCH3 is 1. The first kappa shape index (κ1) is 27.4. The standard InChI is InChI=1S/C32H30FNO5S/c1-4-38-30(35)32(16-17-32)24-13-10-22(11-14-24)25-15-12-23(18-27(25)37-3)29-26(19-28(33)40-29)34-31(36)39-20(2)21-8-6-5-7-9-21/h5-15,18-20H,4,16-17H2,1-3H3,(H,34,36). The van der Waals surface area contributed by atoms with Crippen molar-refractivity contribution in [3.05, 3.63) is 95.1 Å². The SMILES string of the molecule is CCOC(=O)C1(c2ccc(-c3ccc(-c4sc(F)cc4NC(=O)OC(C)c4ccccc4)cc3OC)cc2)CC1. The molecule has 0 spiro atoms. The fraction of sp³-hybridized carbons (Fsp3) is 0.250. The molecule has 4 aromatic rings. The highest BCUT2D eigenvalue weighted by atomic mass is 32.1. The Labute approximate surface area is 236 Å². The van der Waals surface area contributed by atoms with E-state index in [4.69, 9.17) is 14.2 Å². The Hall–Kier alpha value is -4.17. The van der Waals surface area contributed by atoms with Crippen LogP contribution in [0.25, 0.3) is 21.6 Å². The average Bonchev–Trinajstić information content (AvgIpc) is 3.70. The summed E-state index contributed by atoms with van der Waals surface area (Å²) in [7, 11) is 1.58. The van der Waals surface area contributed by atoms with Crippen LogP contribution in [0.15, 0.2) is 78.9 Å². The first-order valence-electron chi connectivity index (χ1n) is 13.1. The lowest BCUT2D eigenvalue weighted by Gasteiger charge is -2.16. The van der Waals surface area contributed by atoms with Crippen molar-refractivity contribution < 1.29 is 28.2 Å². The van der Waals surface area contributed by atoms with E-state index in [1.54, 1.807) is 14.0 Å². The molecule has 1 aliphatic rings. The number of nitrogens with one attached hydrogen (secondary N) is 1. The number of benzene rings is 3. The van der Waals surface area contributed by atoms with Crippen LogP contribution < -0.4 is 10.1 Å². The summed E-state index contributed by atoms with van der Waals surface area (Å²) in [5, 5.41) is 2.25. The maximum absolute atomic E-state index is 14.4. The van der Waals surface area contributed by atoms with Gasteiger partial charge in [0.15, 0.2) is 5.13 Å². The van der Waals surface area contributed by atoms with Crippen molar-refractivity contribution >= 4 is 29.1 Å². The number of carbonyl (C=O) groups excluding carboxylic acids is 2. The fourth-order valence-electron chi connectivity index (χ4n) is 4.80. The molecule has 3 aromatic carbocycles. The number of carbonyl (C=O) groups is 2. The lowest BCUT2D eigenvalue weighted by atomic mass is 9.93. The Balaban J connectivity index is 1.35. The second-order valence-electron chi connectivity index (χ2n) is 9.67. The van der Waals surface area contributed by atoms with Crippen molar-refractivity contribution in [2.75, 3.05) is 19.0 Å². The van der Waals surface area contributed by atoms with Crippen LogP contribution in [0.4, 0.5) is 14.9 Å². The molecule has 1 N–H and O–H groups in total. The number of ether oxygens (including phenoxy) is 3. The Morgan fingerprint density at radius 2 is 1.70 bits per heavy atom. The molecule has 0 saturated heterocycles. The summed E-state index contributed by atoms with van der Waals surface area (Å²) in [6.45, 7) is 3.96. The molecule has 1 aromatic heterocycles. The summed E-state index contributed by atoms with van der Waals surface area (Å²) >= 11 is 0.928. The molecule has 6 nitrogen and oxygen atoms in total. The Bertz CT molecular complexity index is 1510. The average molecular weight is 560 g/mol. The van der Waals surface area contributed by atoms with Crippen LogP contribution >= 0.6 is 11.3 Å². The predicted octanol–water partition coefficient (Wildman–Crippen LogP) is 8.13. The van der Waals surface area contributed by atoms with Crippen molar-refractivity contribution in [1.29, 1.82) is 0 Å². The number of amides is 1. The zero-order valence-corrected chi connectivity index (χ0v) is 23.3. The third-order valence-corrected chi connectivity index (χ3v) is 8.09. The summed E-state index contributed by atoms with van der Waals surface area (Å²) in [5.41, 5.74) is 4.05. The van der Waals surface area contributed by atoms with Gasteiger partial charge in [-0.05, 0) is 55.0 Å². The molecule has 1 atom stereocenters. The molecule has 0 aliphatic heterocycles. The second kappa shape index (κ2) is 11.5. The topological polar surface area (TPSA) is 73.9 Å². The van der Waals surface area contributed by atoms with Gasteiger partial charge in [0, 0.05) is 11.6 Å². The van der Waals surface area contributed by atoms with Gasteiger partial charge in [0.05, 0.1) is 29.7 Å². The number of anilines is 1. The molecular formula is C32H30FNO5S. The number of esters is 1. The molecule has 206 valence electrons. The van der Waals surface area contributed by atoms with E-state index in [1.165, 1.54) is 6.07 Å². The van der Waals surface area contributed by atoms with Crippen molar-refractivity contribution in [1.82, 2.24) is 0 Å². The molecule has 1 unspecified atom stereocenters. The zero-order valence-electron chi connectivity index (χ0n) is 22.5. The maximum atomic E-state index is 14.4. The van der Waals surface area contributed by atoms with Crippen molar-refractivity contribution in [3.8, 4) is 27.3 Å². The van der Waals surface area contributed by atoms with E-state index in [0.717, 1.165) is 46.4 Å². The quantitative estimate of drug-likeness (QED) is 0.210. The summed E-state index contributed by atoms with van der Waals surface area (Å²) in [6, 6.07) is 24.1. The minimum atomic E-state index is -0.671. The van der Waals surface area contributed by atoms with Crippen LogP contribution in [0.5, 0.6) is 5.75 Å². The van der Waals surface area contributed by atoms with Crippen LogP contribution in [-0.4, -0.2) is 25.8 Å².